The van der Waals surface area contributed by atoms with Crippen molar-refractivity contribution < 1.29 is 13.3 Å². The van der Waals surface area contributed by atoms with Crippen LogP contribution >= 0.6 is 11.8 Å². The quantitative estimate of drug-likeness (QED) is 0.466. The second kappa shape index (κ2) is 8.78. The van der Waals surface area contributed by atoms with Gasteiger partial charge in [-0.2, -0.15) is 11.8 Å². The summed E-state index contributed by atoms with van der Waals surface area (Å²) >= 11 is 1.98. The van der Waals surface area contributed by atoms with Gasteiger partial charge in [0.1, 0.15) is 0 Å². The van der Waals surface area contributed by atoms with Crippen LogP contribution in [0.2, 0.25) is 6.04 Å². The van der Waals surface area contributed by atoms with Crippen LogP contribution in [0.4, 0.5) is 0 Å². The van der Waals surface area contributed by atoms with Crippen LogP contribution in [0.3, 0.4) is 0 Å². The van der Waals surface area contributed by atoms with Crippen LogP contribution in [0, 0.1) is 5.41 Å². The maximum Gasteiger partial charge on any atom is 0.501 e. The molecule has 0 bridgehead atoms. The Bertz CT molecular complexity index is 260. The molecule has 0 radical (unpaired) electrons. The van der Waals surface area contributed by atoms with E-state index in [1.54, 1.807) is 0 Å². The number of thioether (sulfide) groups is 1. The molecule has 1 rings (SSSR count). The fourth-order valence-corrected chi connectivity index (χ4v) is 6.33. The largest absolute Gasteiger partial charge is 0.501 e. The number of hydrogen-bond acceptors (Lipinski definition) is 4. The summed E-state index contributed by atoms with van der Waals surface area (Å²) in [6.45, 7) is 12.4. The number of hydrogen-bond donors (Lipinski definition) is 0. The van der Waals surface area contributed by atoms with E-state index < -0.39 is 8.80 Å². The molecule has 0 N–H and O–H groups in total. The Hall–Kier alpha value is 0.447. The van der Waals surface area contributed by atoms with Crippen LogP contribution in [-0.4, -0.2) is 39.6 Å². The lowest BCUT2D eigenvalue weighted by Gasteiger charge is -2.44. The lowest BCUT2D eigenvalue weighted by atomic mass is 9.84. The van der Waals surface area contributed by atoms with Crippen molar-refractivity contribution in [2.24, 2.45) is 5.41 Å². The zero-order valence-corrected chi connectivity index (χ0v) is 15.7. The average Bonchev–Trinajstić information content (AvgIpc) is 2.44. The third kappa shape index (κ3) is 5.33. The molecule has 0 aromatic rings. The van der Waals surface area contributed by atoms with Crippen molar-refractivity contribution in [1.82, 2.24) is 0 Å². The molecule has 5 heteroatoms. The van der Waals surface area contributed by atoms with Crippen molar-refractivity contribution in [1.29, 1.82) is 0 Å². The topological polar surface area (TPSA) is 27.7 Å². The fraction of sp³-hybridized carbons (Fsp3) is 1.00. The third-order valence-corrected chi connectivity index (χ3v) is 8.04. The maximum atomic E-state index is 6.24. The third-order valence-electron chi connectivity index (χ3n) is 4.09. The van der Waals surface area contributed by atoms with Gasteiger partial charge in [-0.05, 0) is 44.6 Å². The second-order valence-corrected chi connectivity index (χ2v) is 10.0. The summed E-state index contributed by atoms with van der Waals surface area (Å²) in [7, 11) is -2.43. The molecule has 0 aromatic heterocycles. The molecule has 0 spiro atoms. The van der Waals surface area contributed by atoms with Gasteiger partial charge in [-0.1, -0.05) is 20.8 Å². The summed E-state index contributed by atoms with van der Waals surface area (Å²) in [5, 5.41) is 0. The van der Waals surface area contributed by atoms with Crippen LogP contribution in [0.15, 0.2) is 0 Å². The zero-order valence-electron chi connectivity index (χ0n) is 13.9. The molecule has 0 aliphatic carbocycles. The van der Waals surface area contributed by atoms with Crippen molar-refractivity contribution in [2.75, 3.05) is 24.7 Å². The Labute approximate surface area is 130 Å². The van der Waals surface area contributed by atoms with Gasteiger partial charge in [0.2, 0.25) is 0 Å². The molecule has 3 nitrogen and oxygen atoms in total. The Balaban J connectivity index is 2.58. The first-order valence-electron chi connectivity index (χ1n) is 8.05. The van der Waals surface area contributed by atoms with E-state index in [-0.39, 0.29) is 11.5 Å². The van der Waals surface area contributed by atoms with Crippen LogP contribution in [0.25, 0.3) is 0 Å². The SMILES string of the molecule is CCSCCC[Si]1(OC(C)C)OCC(CC)(CC)CO1. The first-order chi connectivity index (χ1) is 9.51. The average molecular weight is 321 g/mol. The van der Waals surface area contributed by atoms with Crippen LogP contribution in [0.1, 0.15) is 53.9 Å². The van der Waals surface area contributed by atoms with Gasteiger partial charge in [0.25, 0.3) is 0 Å². The van der Waals surface area contributed by atoms with E-state index in [1.807, 2.05) is 11.8 Å². The van der Waals surface area contributed by atoms with Gasteiger partial charge in [0, 0.05) is 30.8 Å². The van der Waals surface area contributed by atoms with E-state index >= 15 is 0 Å². The van der Waals surface area contributed by atoms with Crippen molar-refractivity contribution >= 4 is 20.6 Å². The molecule has 1 heterocycles. The van der Waals surface area contributed by atoms with Gasteiger partial charge >= 0.3 is 8.80 Å². The molecule has 120 valence electrons. The Morgan fingerprint density at radius 1 is 1.15 bits per heavy atom. The minimum Gasteiger partial charge on any atom is -0.373 e. The fourth-order valence-electron chi connectivity index (χ4n) is 2.43. The zero-order chi connectivity index (χ0) is 15.1. The molecule has 0 saturated carbocycles. The summed E-state index contributed by atoms with van der Waals surface area (Å²) in [6.07, 6.45) is 3.53. The van der Waals surface area contributed by atoms with Crippen molar-refractivity contribution in [3.63, 3.8) is 0 Å². The van der Waals surface area contributed by atoms with E-state index in [1.165, 1.54) is 11.5 Å². The Morgan fingerprint density at radius 3 is 2.20 bits per heavy atom. The molecule has 1 fully saturated rings. The molecule has 1 aliphatic heterocycles. The van der Waals surface area contributed by atoms with Gasteiger partial charge in [0.05, 0.1) is 0 Å². The second-order valence-electron chi connectivity index (χ2n) is 5.93. The van der Waals surface area contributed by atoms with Crippen LogP contribution in [0.5, 0.6) is 0 Å². The molecule has 0 atom stereocenters. The lowest BCUT2D eigenvalue weighted by molar-refractivity contribution is -0.0688. The summed E-state index contributed by atoms with van der Waals surface area (Å²) in [6, 6.07) is 0.960. The Morgan fingerprint density at radius 2 is 1.75 bits per heavy atom. The predicted octanol–water partition coefficient (Wildman–Crippen LogP) is 4.35. The summed E-state index contributed by atoms with van der Waals surface area (Å²) < 4.78 is 18.6. The molecule has 1 aliphatic rings. The highest BCUT2D eigenvalue weighted by Crippen LogP contribution is 2.36. The van der Waals surface area contributed by atoms with E-state index in [0.717, 1.165) is 38.5 Å². The van der Waals surface area contributed by atoms with E-state index in [9.17, 15) is 0 Å². The molecule has 0 unspecified atom stereocenters. The van der Waals surface area contributed by atoms with Gasteiger partial charge in [-0.25, -0.2) is 0 Å². The normalized spacial score (nSPS) is 21.3. The van der Waals surface area contributed by atoms with Crippen LogP contribution < -0.4 is 0 Å². The van der Waals surface area contributed by atoms with Crippen molar-refractivity contribution in [2.45, 2.75) is 66.0 Å². The molecular weight excluding hydrogens is 288 g/mol. The van der Waals surface area contributed by atoms with Gasteiger partial charge in [-0.15, -0.1) is 0 Å². The maximum absolute atomic E-state index is 6.24. The minimum absolute atomic E-state index is 0.177. The van der Waals surface area contributed by atoms with Crippen LogP contribution in [-0.2, 0) is 13.3 Å². The highest BCUT2D eigenvalue weighted by molar-refractivity contribution is 7.99. The summed E-state index contributed by atoms with van der Waals surface area (Å²) in [4.78, 5) is 0. The van der Waals surface area contributed by atoms with Crippen molar-refractivity contribution in [3.05, 3.63) is 0 Å². The first-order valence-corrected chi connectivity index (χ1v) is 11.1. The Kier molecular flexibility index (Phi) is 8.12. The smallest absolute Gasteiger partial charge is 0.373 e. The predicted molar refractivity (Wildman–Crippen MR) is 89.3 cm³/mol. The molecule has 20 heavy (non-hydrogen) atoms. The summed E-state index contributed by atoms with van der Waals surface area (Å²) in [5.41, 5.74) is 0.203. The van der Waals surface area contributed by atoms with E-state index in [4.69, 9.17) is 13.3 Å². The first kappa shape index (κ1) is 18.5. The monoisotopic (exact) mass is 320 g/mol. The van der Waals surface area contributed by atoms with Gasteiger partial charge < -0.3 is 13.3 Å². The van der Waals surface area contributed by atoms with E-state index in [2.05, 4.69) is 34.6 Å². The standard InChI is InChI=1S/C15H32O3SSi/c1-6-15(7-2)12-16-20(17-13-15,18-14(4)5)11-9-10-19-8-3/h14H,6-13H2,1-5H3. The highest BCUT2D eigenvalue weighted by Gasteiger charge is 2.49. The number of rotatable bonds is 9. The van der Waals surface area contributed by atoms with Crippen molar-refractivity contribution in [3.8, 4) is 0 Å². The molecule has 0 amide bonds. The molecule has 1 saturated heterocycles. The molecular formula is C15H32O3SSi. The molecule has 0 aromatic carbocycles. The lowest BCUT2D eigenvalue weighted by Crippen LogP contribution is -2.56. The van der Waals surface area contributed by atoms with Gasteiger partial charge in [0.15, 0.2) is 0 Å². The highest BCUT2D eigenvalue weighted by atomic mass is 32.2. The van der Waals surface area contributed by atoms with E-state index in [0.29, 0.717) is 0 Å². The van der Waals surface area contributed by atoms with Gasteiger partial charge in [-0.3, -0.25) is 0 Å². The summed E-state index contributed by atoms with van der Waals surface area (Å²) in [5.74, 6) is 2.35. The minimum atomic E-state index is -2.43.